The fourth-order valence-electron chi connectivity index (χ4n) is 5.53. The molecule has 3 aromatic rings. The van der Waals surface area contributed by atoms with E-state index >= 15 is 0 Å². The van der Waals surface area contributed by atoms with Gasteiger partial charge in [-0.15, -0.1) is 0 Å². The second-order valence-electron chi connectivity index (χ2n) is 12.3. The van der Waals surface area contributed by atoms with Crippen molar-refractivity contribution in [2.24, 2.45) is 11.8 Å². The average Bonchev–Trinajstić information content (AvgIpc) is 3.25. The Bertz CT molecular complexity index is 1450. The van der Waals surface area contributed by atoms with Gasteiger partial charge in [-0.3, -0.25) is 14.4 Å². The summed E-state index contributed by atoms with van der Waals surface area (Å²) in [6.07, 6.45) is 2.45. The molecule has 1 saturated carbocycles. The molecule has 1 aliphatic carbocycles. The van der Waals surface area contributed by atoms with Gasteiger partial charge in [-0.1, -0.05) is 44.5 Å². The standard InChI is InChI=1S/C29H34ClN5O4/c1-28(2,3)21-14-22(17-6-8-20(30)9-7-17)32-35-15-23(31-24(21)35)26(37)34-11-10-33(16-29(34,4)5)25(36)18-12-19(13-18)27(38)39/h6-9,14-15,18-19H,10-13,16H2,1-5H3,(H,38,39). The van der Waals surface area contributed by atoms with E-state index in [0.717, 1.165) is 16.8 Å². The summed E-state index contributed by atoms with van der Waals surface area (Å²) in [5, 5.41) is 14.6. The van der Waals surface area contributed by atoms with Crippen LogP contribution in [0, 0.1) is 11.8 Å². The molecule has 1 saturated heterocycles. The lowest BCUT2D eigenvalue weighted by Gasteiger charge is -2.48. The largest absolute Gasteiger partial charge is 0.481 e. The van der Waals surface area contributed by atoms with Gasteiger partial charge in [0.1, 0.15) is 5.69 Å². The molecular formula is C29H34ClN5O4. The van der Waals surface area contributed by atoms with Crippen molar-refractivity contribution in [2.75, 3.05) is 19.6 Å². The molecule has 1 aromatic carbocycles. The van der Waals surface area contributed by atoms with E-state index in [0.29, 0.717) is 48.8 Å². The number of hydrogen-bond acceptors (Lipinski definition) is 5. The van der Waals surface area contributed by atoms with E-state index in [1.54, 1.807) is 20.5 Å². The smallest absolute Gasteiger partial charge is 0.306 e. The normalized spacial score (nSPS) is 21.1. The third kappa shape index (κ3) is 5.12. The molecule has 1 N–H and O–H groups in total. The zero-order valence-electron chi connectivity index (χ0n) is 22.9. The molecule has 2 fully saturated rings. The van der Waals surface area contributed by atoms with Crippen molar-refractivity contribution in [1.82, 2.24) is 24.4 Å². The van der Waals surface area contributed by atoms with Crippen LogP contribution in [0.3, 0.4) is 0 Å². The van der Waals surface area contributed by atoms with Gasteiger partial charge in [0.15, 0.2) is 5.65 Å². The highest BCUT2D eigenvalue weighted by atomic mass is 35.5. The van der Waals surface area contributed by atoms with E-state index in [1.807, 2.05) is 44.2 Å². The summed E-state index contributed by atoms with van der Waals surface area (Å²) in [6.45, 7) is 11.3. The number of imidazole rings is 1. The molecule has 0 unspecified atom stereocenters. The van der Waals surface area contributed by atoms with Gasteiger partial charge in [-0.2, -0.15) is 5.10 Å². The molecule has 2 amide bonds. The van der Waals surface area contributed by atoms with Crippen molar-refractivity contribution in [3.05, 3.63) is 52.8 Å². The molecule has 9 nitrogen and oxygen atoms in total. The number of aromatic nitrogens is 3. The van der Waals surface area contributed by atoms with Crippen molar-refractivity contribution in [3.8, 4) is 11.3 Å². The fraction of sp³-hybridized carbons (Fsp3) is 0.483. The van der Waals surface area contributed by atoms with Crippen LogP contribution in [0.2, 0.25) is 5.02 Å². The fourth-order valence-corrected chi connectivity index (χ4v) is 5.66. The number of amides is 2. The summed E-state index contributed by atoms with van der Waals surface area (Å²) in [5.74, 6) is -1.75. The van der Waals surface area contributed by atoms with Gasteiger partial charge in [0.05, 0.1) is 23.3 Å². The molecule has 206 valence electrons. The Balaban J connectivity index is 1.40. The van der Waals surface area contributed by atoms with Crippen LogP contribution in [-0.2, 0) is 15.0 Å². The van der Waals surface area contributed by atoms with Gasteiger partial charge < -0.3 is 14.9 Å². The summed E-state index contributed by atoms with van der Waals surface area (Å²) >= 11 is 6.08. The summed E-state index contributed by atoms with van der Waals surface area (Å²) in [5.41, 5.74) is 2.71. The maximum absolute atomic E-state index is 13.8. The number of carbonyl (C=O) groups is 3. The van der Waals surface area contributed by atoms with Crippen LogP contribution in [0.1, 0.15) is 63.5 Å². The van der Waals surface area contributed by atoms with Crippen LogP contribution < -0.4 is 0 Å². The number of aliphatic carboxylic acids is 1. The van der Waals surface area contributed by atoms with Gasteiger partial charge in [-0.05, 0) is 50.3 Å². The van der Waals surface area contributed by atoms with Crippen LogP contribution in [0.5, 0.6) is 0 Å². The molecule has 10 heteroatoms. The quantitative estimate of drug-likeness (QED) is 0.511. The highest BCUT2D eigenvalue weighted by Crippen LogP contribution is 2.37. The third-order valence-electron chi connectivity index (χ3n) is 7.89. The second kappa shape index (κ2) is 9.62. The monoisotopic (exact) mass is 551 g/mol. The number of hydrogen-bond donors (Lipinski definition) is 1. The summed E-state index contributed by atoms with van der Waals surface area (Å²) in [7, 11) is 0. The Morgan fingerprint density at radius 3 is 2.31 bits per heavy atom. The molecule has 0 spiro atoms. The SMILES string of the molecule is CC(C)(C)c1cc(-c2ccc(Cl)cc2)nn2cc(C(=O)N3CCN(C(=O)C4CC(C(=O)O)C4)CC3(C)C)nc12. The summed E-state index contributed by atoms with van der Waals surface area (Å²) in [6, 6.07) is 9.50. The maximum atomic E-state index is 13.8. The van der Waals surface area contributed by atoms with Crippen molar-refractivity contribution in [3.63, 3.8) is 0 Å². The number of halogens is 1. The van der Waals surface area contributed by atoms with Crippen molar-refractivity contribution >= 4 is 35.0 Å². The highest BCUT2D eigenvalue weighted by Gasteiger charge is 2.45. The van der Waals surface area contributed by atoms with Gasteiger partial charge in [0, 0.05) is 41.7 Å². The van der Waals surface area contributed by atoms with Gasteiger partial charge in [-0.25, -0.2) is 9.50 Å². The van der Waals surface area contributed by atoms with E-state index in [9.17, 15) is 14.4 Å². The molecule has 0 atom stereocenters. The first-order valence-corrected chi connectivity index (χ1v) is 13.6. The van der Waals surface area contributed by atoms with Crippen molar-refractivity contribution in [1.29, 1.82) is 0 Å². The van der Waals surface area contributed by atoms with Crippen LogP contribution in [-0.4, -0.2) is 72.5 Å². The first-order chi connectivity index (χ1) is 18.2. The van der Waals surface area contributed by atoms with E-state index in [4.69, 9.17) is 26.8 Å². The van der Waals surface area contributed by atoms with Crippen LogP contribution in [0.15, 0.2) is 36.5 Å². The van der Waals surface area contributed by atoms with E-state index in [1.165, 1.54) is 0 Å². The number of benzene rings is 1. The van der Waals surface area contributed by atoms with Gasteiger partial charge in [0.2, 0.25) is 5.91 Å². The Labute approximate surface area is 232 Å². The first kappa shape index (κ1) is 27.1. The predicted molar refractivity (Wildman–Crippen MR) is 148 cm³/mol. The molecule has 0 bridgehead atoms. The number of nitrogens with zero attached hydrogens (tertiary/aromatic N) is 5. The first-order valence-electron chi connectivity index (χ1n) is 13.2. The zero-order chi connectivity index (χ0) is 28.3. The molecule has 39 heavy (non-hydrogen) atoms. The number of carboxylic acids is 1. The molecular weight excluding hydrogens is 518 g/mol. The molecule has 3 heterocycles. The Hall–Kier alpha value is -3.46. The van der Waals surface area contributed by atoms with Crippen LogP contribution >= 0.6 is 11.6 Å². The zero-order valence-corrected chi connectivity index (χ0v) is 23.7. The average molecular weight is 552 g/mol. The Morgan fingerprint density at radius 1 is 1.05 bits per heavy atom. The van der Waals surface area contributed by atoms with Crippen molar-refractivity contribution < 1.29 is 19.5 Å². The van der Waals surface area contributed by atoms with Crippen molar-refractivity contribution in [2.45, 2.75) is 58.4 Å². The number of fused-ring (bicyclic) bond motifs is 1. The maximum Gasteiger partial charge on any atom is 0.306 e. The van der Waals surface area contributed by atoms with E-state index in [-0.39, 0.29) is 23.1 Å². The minimum absolute atomic E-state index is 0.0193. The van der Waals surface area contributed by atoms with E-state index < -0.39 is 17.4 Å². The van der Waals surface area contributed by atoms with Gasteiger partial charge in [0.25, 0.3) is 5.91 Å². The minimum Gasteiger partial charge on any atom is -0.481 e. The molecule has 5 rings (SSSR count). The number of rotatable bonds is 4. The highest BCUT2D eigenvalue weighted by molar-refractivity contribution is 6.30. The third-order valence-corrected chi connectivity index (χ3v) is 8.14. The predicted octanol–water partition coefficient (Wildman–Crippen LogP) is 4.52. The van der Waals surface area contributed by atoms with Crippen LogP contribution in [0.4, 0.5) is 0 Å². The number of carbonyl (C=O) groups excluding carboxylic acids is 2. The van der Waals surface area contributed by atoms with Gasteiger partial charge >= 0.3 is 5.97 Å². The Morgan fingerprint density at radius 2 is 1.72 bits per heavy atom. The lowest BCUT2D eigenvalue weighted by Crippen LogP contribution is -2.63. The summed E-state index contributed by atoms with van der Waals surface area (Å²) in [4.78, 5) is 46.2. The molecule has 0 radical (unpaired) electrons. The number of piperazine rings is 1. The number of carboxylic acid groups (broad SMARTS) is 1. The second-order valence-corrected chi connectivity index (χ2v) is 12.8. The molecule has 2 aliphatic rings. The molecule has 2 aromatic heterocycles. The lowest BCUT2D eigenvalue weighted by atomic mass is 9.74. The van der Waals surface area contributed by atoms with E-state index in [2.05, 4.69) is 20.8 Å². The summed E-state index contributed by atoms with van der Waals surface area (Å²) < 4.78 is 1.68. The Kier molecular flexibility index (Phi) is 6.69. The lowest BCUT2D eigenvalue weighted by molar-refractivity contribution is -0.153. The molecule has 1 aliphatic heterocycles. The van der Waals surface area contributed by atoms with Crippen LogP contribution in [0.25, 0.3) is 16.9 Å². The topological polar surface area (TPSA) is 108 Å². The minimum atomic E-state index is -0.841.